The van der Waals surface area contributed by atoms with Gasteiger partial charge in [-0.2, -0.15) is 0 Å². The molecule has 116 valence electrons. The Hall–Kier alpha value is -0.340. The van der Waals surface area contributed by atoms with Crippen molar-refractivity contribution in [1.29, 1.82) is 0 Å². The maximum atomic E-state index is 3.86. The molecule has 1 unspecified atom stereocenters. The van der Waals surface area contributed by atoms with Gasteiger partial charge >= 0.3 is 0 Å². The van der Waals surface area contributed by atoms with E-state index in [1.54, 1.807) is 5.57 Å². The Balaban J connectivity index is 2.27. The van der Waals surface area contributed by atoms with Gasteiger partial charge < -0.3 is 5.32 Å². The number of likely N-dealkylation sites (N-methyl/N-ethyl adjacent to an activating group) is 1. The summed E-state index contributed by atoms with van der Waals surface area (Å²) in [7, 11) is 0. The van der Waals surface area contributed by atoms with Crippen LogP contribution >= 0.6 is 0 Å². The molecule has 0 saturated carbocycles. The first kappa shape index (κ1) is 16.0. The zero-order valence-electron chi connectivity index (χ0n) is 13.9. The van der Waals surface area contributed by atoms with Crippen molar-refractivity contribution in [3.05, 3.63) is 11.6 Å². The Bertz CT molecular complexity index is 311. The van der Waals surface area contributed by atoms with Crippen molar-refractivity contribution < 1.29 is 0 Å². The van der Waals surface area contributed by atoms with Crippen LogP contribution in [0.5, 0.6) is 0 Å². The van der Waals surface area contributed by atoms with Gasteiger partial charge in [0, 0.05) is 11.6 Å². The Morgan fingerprint density at radius 1 is 1.10 bits per heavy atom. The number of likely N-dealkylation sites (tertiary alicyclic amines) is 1. The highest BCUT2D eigenvalue weighted by molar-refractivity contribution is 5.21. The molecule has 0 radical (unpaired) electrons. The van der Waals surface area contributed by atoms with E-state index in [1.807, 2.05) is 0 Å². The molecule has 2 aliphatic rings. The molecule has 0 bridgehead atoms. The van der Waals surface area contributed by atoms with Crippen molar-refractivity contribution in [2.45, 2.75) is 83.7 Å². The number of nitrogens with zero attached hydrogens (tertiary/aromatic N) is 1. The number of rotatable bonds is 7. The molecule has 0 aromatic rings. The molecule has 1 atom stereocenters. The van der Waals surface area contributed by atoms with Gasteiger partial charge in [0.2, 0.25) is 0 Å². The van der Waals surface area contributed by atoms with E-state index in [9.17, 15) is 0 Å². The fourth-order valence-electron chi connectivity index (χ4n) is 4.45. The largest absolute Gasteiger partial charge is 0.309 e. The first-order valence-corrected chi connectivity index (χ1v) is 8.95. The maximum Gasteiger partial charge on any atom is 0.0466 e. The third kappa shape index (κ3) is 3.12. The van der Waals surface area contributed by atoms with Gasteiger partial charge in [-0.3, -0.25) is 4.90 Å². The van der Waals surface area contributed by atoms with Crippen LogP contribution in [0.25, 0.3) is 0 Å². The van der Waals surface area contributed by atoms with E-state index in [2.05, 4.69) is 37.1 Å². The molecule has 2 heteroatoms. The molecular formula is C18H34N2. The van der Waals surface area contributed by atoms with Crippen molar-refractivity contribution in [2.75, 3.05) is 19.6 Å². The summed E-state index contributed by atoms with van der Waals surface area (Å²) in [6.45, 7) is 10.7. The zero-order chi connectivity index (χ0) is 14.4. The van der Waals surface area contributed by atoms with Crippen LogP contribution < -0.4 is 5.32 Å². The summed E-state index contributed by atoms with van der Waals surface area (Å²) in [5.74, 6) is 0. The molecule has 2 rings (SSSR count). The van der Waals surface area contributed by atoms with E-state index in [1.165, 1.54) is 64.5 Å². The lowest BCUT2D eigenvalue weighted by atomic mass is 9.76. The van der Waals surface area contributed by atoms with Crippen LogP contribution in [0.1, 0.15) is 72.1 Å². The summed E-state index contributed by atoms with van der Waals surface area (Å²) < 4.78 is 0. The Kier molecular flexibility index (Phi) is 6.10. The predicted molar refractivity (Wildman–Crippen MR) is 88.1 cm³/mol. The van der Waals surface area contributed by atoms with Crippen LogP contribution in [0.2, 0.25) is 0 Å². The van der Waals surface area contributed by atoms with E-state index in [-0.39, 0.29) is 0 Å². The van der Waals surface area contributed by atoms with Crippen molar-refractivity contribution in [2.24, 2.45) is 0 Å². The molecule has 1 heterocycles. The van der Waals surface area contributed by atoms with Gasteiger partial charge in [0.05, 0.1) is 0 Å². The molecule has 20 heavy (non-hydrogen) atoms. The zero-order valence-corrected chi connectivity index (χ0v) is 13.9. The Labute approximate surface area is 126 Å². The van der Waals surface area contributed by atoms with Gasteiger partial charge in [0.25, 0.3) is 0 Å². The summed E-state index contributed by atoms with van der Waals surface area (Å²) in [5, 5.41) is 3.86. The van der Waals surface area contributed by atoms with Gasteiger partial charge in [-0.25, -0.2) is 0 Å². The van der Waals surface area contributed by atoms with Gasteiger partial charge in [-0.1, -0.05) is 32.4 Å². The monoisotopic (exact) mass is 278 g/mol. The highest BCUT2D eigenvalue weighted by Crippen LogP contribution is 2.37. The fourth-order valence-corrected chi connectivity index (χ4v) is 4.45. The first-order chi connectivity index (χ1) is 9.78. The molecule has 1 saturated heterocycles. The normalized spacial score (nSPS) is 22.9. The lowest BCUT2D eigenvalue weighted by Gasteiger charge is -2.48. The average molecular weight is 278 g/mol. The van der Waals surface area contributed by atoms with Crippen LogP contribution in [0, 0.1) is 0 Å². The third-order valence-corrected chi connectivity index (χ3v) is 5.60. The van der Waals surface area contributed by atoms with Gasteiger partial charge in [0.15, 0.2) is 0 Å². The molecule has 1 aliphatic heterocycles. The smallest absolute Gasteiger partial charge is 0.0466 e. The summed E-state index contributed by atoms with van der Waals surface area (Å²) in [4.78, 5) is 2.80. The molecule has 1 aliphatic carbocycles. The highest BCUT2D eigenvalue weighted by Gasteiger charge is 2.43. The molecule has 0 spiro atoms. The summed E-state index contributed by atoms with van der Waals surface area (Å²) in [6, 6.07) is 0.570. The number of allylic oxidation sites excluding steroid dienone is 1. The summed E-state index contributed by atoms with van der Waals surface area (Å²) >= 11 is 0. The molecule has 1 N–H and O–H groups in total. The van der Waals surface area contributed by atoms with Crippen LogP contribution in [-0.4, -0.2) is 36.1 Å². The molecule has 0 aromatic carbocycles. The molecule has 0 amide bonds. The van der Waals surface area contributed by atoms with Crippen LogP contribution in [0.3, 0.4) is 0 Å². The SMILES string of the molecule is CCNC(C1=CCCCC1)C(CC)(CC)N1CCCC1. The lowest BCUT2D eigenvalue weighted by Crippen LogP contribution is -2.61. The van der Waals surface area contributed by atoms with Gasteiger partial charge in [-0.05, 0) is 71.0 Å². The van der Waals surface area contributed by atoms with Crippen molar-refractivity contribution in [3.63, 3.8) is 0 Å². The lowest BCUT2D eigenvalue weighted by molar-refractivity contribution is 0.0737. The standard InChI is InChI=1S/C18H34N2/c1-4-18(5-2,20-14-10-11-15-20)17(19-6-3)16-12-8-7-9-13-16/h12,17,19H,4-11,13-15H2,1-3H3. The second-order valence-electron chi connectivity index (χ2n) is 6.52. The molecular weight excluding hydrogens is 244 g/mol. The minimum absolute atomic E-state index is 0.343. The second kappa shape index (κ2) is 7.61. The Morgan fingerprint density at radius 3 is 2.30 bits per heavy atom. The molecule has 1 fully saturated rings. The fraction of sp³-hybridized carbons (Fsp3) is 0.889. The van der Waals surface area contributed by atoms with E-state index in [4.69, 9.17) is 0 Å². The first-order valence-electron chi connectivity index (χ1n) is 8.95. The summed E-state index contributed by atoms with van der Waals surface area (Å²) in [6.07, 6.45) is 13.2. The quantitative estimate of drug-likeness (QED) is 0.705. The third-order valence-electron chi connectivity index (χ3n) is 5.60. The van der Waals surface area contributed by atoms with E-state index < -0.39 is 0 Å². The second-order valence-corrected chi connectivity index (χ2v) is 6.52. The van der Waals surface area contributed by atoms with Gasteiger partial charge in [-0.15, -0.1) is 0 Å². The average Bonchev–Trinajstić information content (AvgIpc) is 3.04. The summed E-state index contributed by atoms with van der Waals surface area (Å²) in [5.41, 5.74) is 2.05. The minimum Gasteiger partial charge on any atom is -0.309 e. The molecule has 2 nitrogen and oxygen atoms in total. The maximum absolute atomic E-state index is 3.86. The minimum atomic E-state index is 0.343. The number of nitrogens with one attached hydrogen (secondary N) is 1. The van der Waals surface area contributed by atoms with Gasteiger partial charge in [0.1, 0.15) is 0 Å². The van der Waals surface area contributed by atoms with Crippen molar-refractivity contribution in [3.8, 4) is 0 Å². The molecule has 0 aromatic heterocycles. The number of hydrogen-bond donors (Lipinski definition) is 1. The van der Waals surface area contributed by atoms with E-state index in [0.29, 0.717) is 11.6 Å². The van der Waals surface area contributed by atoms with Crippen LogP contribution in [0.4, 0.5) is 0 Å². The van der Waals surface area contributed by atoms with Crippen molar-refractivity contribution in [1.82, 2.24) is 10.2 Å². The topological polar surface area (TPSA) is 15.3 Å². The van der Waals surface area contributed by atoms with E-state index in [0.717, 1.165) is 6.54 Å². The van der Waals surface area contributed by atoms with E-state index >= 15 is 0 Å². The highest BCUT2D eigenvalue weighted by atomic mass is 15.2. The van der Waals surface area contributed by atoms with Crippen molar-refractivity contribution >= 4 is 0 Å². The van der Waals surface area contributed by atoms with Crippen LogP contribution in [-0.2, 0) is 0 Å². The predicted octanol–water partition coefficient (Wildman–Crippen LogP) is 4.12. The Morgan fingerprint density at radius 2 is 1.80 bits per heavy atom. The number of hydrogen-bond acceptors (Lipinski definition) is 2. The van der Waals surface area contributed by atoms with Crippen LogP contribution in [0.15, 0.2) is 11.6 Å².